The molecule has 3 aromatic heterocycles. The normalized spacial score (nSPS) is 11.0. The predicted octanol–water partition coefficient (Wildman–Crippen LogP) is 7.92. The second kappa shape index (κ2) is 10.2. The van der Waals surface area contributed by atoms with Gasteiger partial charge in [-0.2, -0.15) is 0 Å². The summed E-state index contributed by atoms with van der Waals surface area (Å²) in [5, 5.41) is 4.66. The SMILES string of the molecule is CCOC(=O)c1c(NC(=O)c2cc(-c3ccc(-c4ccccc4Cl)o3)nc3ccccc23)sc(C)c1C. The lowest BCUT2D eigenvalue weighted by molar-refractivity contribution is 0.0527. The van der Waals surface area contributed by atoms with E-state index in [0.29, 0.717) is 49.3 Å². The highest BCUT2D eigenvalue weighted by Crippen LogP contribution is 2.35. The molecule has 0 bridgehead atoms. The Hall–Kier alpha value is -3.94. The van der Waals surface area contributed by atoms with Crippen LogP contribution in [0.4, 0.5) is 5.00 Å². The molecule has 0 aliphatic heterocycles. The summed E-state index contributed by atoms with van der Waals surface area (Å²) in [5.41, 5.74) is 3.50. The second-order valence-corrected chi connectivity index (χ2v) is 10.0. The van der Waals surface area contributed by atoms with Crippen LogP contribution in [0, 0.1) is 13.8 Å². The van der Waals surface area contributed by atoms with E-state index >= 15 is 0 Å². The molecule has 0 saturated carbocycles. The van der Waals surface area contributed by atoms with Gasteiger partial charge in [0, 0.05) is 15.8 Å². The van der Waals surface area contributed by atoms with Crippen molar-refractivity contribution in [1.29, 1.82) is 0 Å². The van der Waals surface area contributed by atoms with E-state index in [2.05, 4.69) is 5.32 Å². The lowest BCUT2D eigenvalue weighted by Crippen LogP contribution is -2.15. The van der Waals surface area contributed by atoms with Crippen LogP contribution in [-0.2, 0) is 4.74 Å². The zero-order valence-electron chi connectivity index (χ0n) is 20.4. The van der Waals surface area contributed by atoms with Crippen LogP contribution >= 0.6 is 22.9 Å². The van der Waals surface area contributed by atoms with E-state index in [1.54, 1.807) is 19.1 Å². The van der Waals surface area contributed by atoms with Crippen molar-refractivity contribution in [3.05, 3.63) is 93.3 Å². The number of nitrogens with one attached hydrogen (secondary N) is 1. The fourth-order valence-corrected chi connectivity index (χ4v) is 5.38. The van der Waals surface area contributed by atoms with Crippen LogP contribution in [0.1, 0.15) is 38.1 Å². The number of carbonyl (C=O) groups excluding carboxylic acids is 2. The molecule has 0 fully saturated rings. The van der Waals surface area contributed by atoms with E-state index in [1.807, 2.05) is 68.4 Å². The number of esters is 1. The molecule has 0 spiro atoms. The number of amides is 1. The number of pyridine rings is 1. The molecule has 5 rings (SSSR count). The average Bonchev–Trinajstić information content (AvgIpc) is 3.48. The molecule has 1 amide bonds. The predicted molar refractivity (Wildman–Crippen MR) is 148 cm³/mol. The molecular formula is C29H23ClN2O4S. The van der Waals surface area contributed by atoms with E-state index < -0.39 is 5.97 Å². The van der Waals surface area contributed by atoms with Crippen LogP contribution in [0.2, 0.25) is 5.02 Å². The number of fused-ring (bicyclic) bond motifs is 1. The first kappa shape index (κ1) is 24.7. The number of hydrogen-bond acceptors (Lipinski definition) is 6. The van der Waals surface area contributed by atoms with Crippen LogP contribution in [0.15, 0.2) is 71.1 Å². The topological polar surface area (TPSA) is 81.4 Å². The number of furan rings is 1. The van der Waals surface area contributed by atoms with E-state index in [4.69, 9.17) is 25.7 Å². The summed E-state index contributed by atoms with van der Waals surface area (Å²) in [4.78, 5) is 31.9. The lowest BCUT2D eigenvalue weighted by Gasteiger charge is -2.10. The number of rotatable bonds is 6. The van der Waals surface area contributed by atoms with E-state index in [0.717, 1.165) is 16.0 Å². The highest BCUT2D eigenvalue weighted by Gasteiger charge is 2.24. The highest BCUT2D eigenvalue weighted by molar-refractivity contribution is 7.16. The van der Waals surface area contributed by atoms with Crippen molar-refractivity contribution in [2.24, 2.45) is 0 Å². The van der Waals surface area contributed by atoms with Gasteiger partial charge in [0.25, 0.3) is 5.91 Å². The first-order valence-electron chi connectivity index (χ1n) is 11.7. The molecule has 2 aromatic carbocycles. The molecular weight excluding hydrogens is 508 g/mol. The summed E-state index contributed by atoms with van der Waals surface area (Å²) in [6.07, 6.45) is 0. The number of benzene rings is 2. The van der Waals surface area contributed by atoms with Gasteiger partial charge in [-0.25, -0.2) is 9.78 Å². The van der Waals surface area contributed by atoms with Crippen molar-refractivity contribution >= 4 is 50.7 Å². The molecule has 186 valence electrons. The van der Waals surface area contributed by atoms with Gasteiger partial charge in [0.1, 0.15) is 16.5 Å². The Morgan fingerprint density at radius 1 is 1.03 bits per heavy atom. The van der Waals surface area contributed by atoms with E-state index in [-0.39, 0.29) is 12.5 Å². The van der Waals surface area contributed by atoms with Crippen molar-refractivity contribution in [2.45, 2.75) is 20.8 Å². The van der Waals surface area contributed by atoms with Crippen molar-refractivity contribution < 1.29 is 18.7 Å². The lowest BCUT2D eigenvalue weighted by atomic mass is 10.1. The molecule has 6 nitrogen and oxygen atoms in total. The van der Waals surface area contributed by atoms with Crippen LogP contribution < -0.4 is 5.32 Å². The third-order valence-electron chi connectivity index (χ3n) is 6.05. The number of carbonyl (C=O) groups is 2. The molecule has 0 radical (unpaired) electrons. The molecule has 3 heterocycles. The van der Waals surface area contributed by atoms with Crippen LogP contribution in [-0.4, -0.2) is 23.5 Å². The number of thiophene rings is 1. The smallest absolute Gasteiger partial charge is 0.341 e. The summed E-state index contributed by atoms with van der Waals surface area (Å²) >= 11 is 7.69. The summed E-state index contributed by atoms with van der Waals surface area (Å²) < 4.78 is 11.3. The minimum Gasteiger partial charge on any atom is -0.462 e. The first-order valence-corrected chi connectivity index (χ1v) is 12.9. The van der Waals surface area contributed by atoms with Gasteiger partial charge < -0.3 is 14.5 Å². The largest absolute Gasteiger partial charge is 0.462 e. The number of para-hydroxylation sites is 1. The van der Waals surface area contributed by atoms with Gasteiger partial charge in [-0.3, -0.25) is 4.79 Å². The number of aryl methyl sites for hydroxylation is 1. The summed E-state index contributed by atoms with van der Waals surface area (Å²) in [5.74, 6) is 0.294. The van der Waals surface area contributed by atoms with E-state index in [9.17, 15) is 9.59 Å². The Morgan fingerprint density at radius 3 is 2.54 bits per heavy atom. The zero-order chi connectivity index (χ0) is 26.1. The monoisotopic (exact) mass is 530 g/mol. The maximum absolute atomic E-state index is 13.6. The molecule has 0 aliphatic rings. The maximum Gasteiger partial charge on any atom is 0.341 e. The number of hydrogen-bond donors (Lipinski definition) is 1. The number of ether oxygens (including phenoxy) is 1. The fraction of sp³-hybridized carbons (Fsp3) is 0.138. The minimum atomic E-state index is -0.456. The molecule has 37 heavy (non-hydrogen) atoms. The molecule has 0 saturated heterocycles. The fourth-order valence-electron chi connectivity index (χ4n) is 4.11. The minimum absolute atomic E-state index is 0.248. The standard InChI is InChI=1S/C29H23ClN2O4S/c1-4-35-29(34)26-16(2)17(3)37-28(26)32-27(33)20-15-23(31-22-12-8-6-9-18(20)22)25-14-13-24(36-25)19-10-5-7-11-21(19)30/h5-15H,4H2,1-3H3,(H,32,33). The van der Waals surface area contributed by atoms with Gasteiger partial charge >= 0.3 is 5.97 Å². The number of aromatic nitrogens is 1. The van der Waals surface area contributed by atoms with Crippen LogP contribution in [0.25, 0.3) is 33.7 Å². The third-order valence-corrected chi connectivity index (χ3v) is 7.50. The Morgan fingerprint density at radius 2 is 1.76 bits per heavy atom. The summed E-state index contributed by atoms with van der Waals surface area (Å²) in [7, 11) is 0. The Labute approximate surface area is 222 Å². The van der Waals surface area contributed by atoms with Gasteiger partial charge in [0.05, 0.1) is 28.3 Å². The highest BCUT2D eigenvalue weighted by atomic mass is 35.5. The third kappa shape index (κ3) is 4.75. The molecule has 0 aliphatic carbocycles. The van der Waals surface area contributed by atoms with Crippen molar-refractivity contribution in [3.8, 4) is 22.8 Å². The van der Waals surface area contributed by atoms with Gasteiger partial charge in [-0.05, 0) is 62.7 Å². The maximum atomic E-state index is 13.6. The molecule has 8 heteroatoms. The Balaban J connectivity index is 1.56. The zero-order valence-corrected chi connectivity index (χ0v) is 22.0. The van der Waals surface area contributed by atoms with Gasteiger partial charge in [-0.15, -0.1) is 11.3 Å². The number of nitrogens with zero attached hydrogens (tertiary/aromatic N) is 1. The summed E-state index contributed by atoms with van der Waals surface area (Å²) in [6.45, 7) is 5.76. The second-order valence-electron chi connectivity index (χ2n) is 8.38. The van der Waals surface area contributed by atoms with Crippen molar-refractivity contribution in [1.82, 2.24) is 4.98 Å². The van der Waals surface area contributed by atoms with Crippen molar-refractivity contribution in [3.63, 3.8) is 0 Å². The average molecular weight is 531 g/mol. The summed E-state index contributed by atoms with van der Waals surface area (Å²) in [6, 6.07) is 20.2. The quantitative estimate of drug-likeness (QED) is 0.225. The first-order chi connectivity index (χ1) is 17.9. The number of halogens is 1. The van der Waals surface area contributed by atoms with Gasteiger partial charge in [-0.1, -0.05) is 41.9 Å². The van der Waals surface area contributed by atoms with E-state index in [1.165, 1.54) is 11.3 Å². The van der Waals surface area contributed by atoms with Crippen LogP contribution in [0.5, 0.6) is 0 Å². The van der Waals surface area contributed by atoms with Gasteiger partial charge in [0.15, 0.2) is 5.76 Å². The molecule has 5 aromatic rings. The molecule has 1 N–H and O–H groups in total. The molecule has 0 atom stereocenters. The molecule has 0 unspecified atom stereocenters. The van der Waals surface area contributed by atoms with Crippen molar-refractivity contribution in [2.75, 3.05) is 11.9 Å². The van der Waals surface area contributed by atoms with Crippen LogP contribution in [0.3, 0.4) is 0 Å². The Bertz CT molecular complexity index is 1650. The number of anilines is 1. The Kier molecular flexibility index (Phi) is 6.82. The van der Waals surface area contributed by atoms with Gasteiger partial charge in [0.2, 0.25) is 0 Å².